The predicted octanol–water partition coefficient (Wildman–Crippen LogP) is 10.2. The minimum absolute atomic E-state index is 0.178. The van der Waals surface area contributed by atoms with E-state index in [1.165, 1.54) is 44.9 Å². The van der Waals surface area contributed by atoms with Crippen molar-refractivity contribution in [3.8, 4) is 0 Å². The first-order valence-corrected chi connectivity index (χ1v) is 21.6. The van der Waals surface area contributed by atoms with Crippen LogP contribution in [0.1, 0.15) is 162 Å². The summed E-state index contributed by atoms with van der Waals surface area (Å²) in [6.45, 7) is 2.17. The monoisotopic (exact) mass is 756 g/mol. The van der Waals surface area contributed by atoms with E-state index < -0.39 is 51.8 Å². The van der Waals surface area contributed by atoms with Crippen molar-refractivity contribution in [1.29, 1.82) is 0 Å². The molecule has 0 aliphatic carbocycles. The van der Waals surface area contributed by atoms with Crippen molar-refractivity contribution >= 4 is 19.8 Å². The maximum Gasteiger partial charge on any atom is 0.472 e. The Balaban J connectivity index is 4.14. The Kier molecular flexibility index (Phi) is 35.8. The van der Waals surface area contributed by atoms with E-state index in [2.05, 4.69) is 67.0 Å². The number of hydrogen-bond acceptors (Lipinski definition) is 9. The summed E-state index contributed by atoms with van der Waals surface area (Å²) in [4.78, 5) is 34.7. The molecule has 0 saturated carbocycles. The number of unbranched alkanes of at least 4 members (excludes halogenated alkanes) is 15. The predicted molar refractivity (Wildman–Crippen MR) is 210 cm³/mol. The van der Waals surface area contributed by atoms with Crippen LogP contribution in [0, 0.1) is 0 Å². The number of ether oxygens (including phenoxy) is 2. The van der Waals surface area contributed by atoms with Gasteiger partial charge >= 0.3 is 19.8 Å². The van der Waals surface area contributed by atoms with Crippen molar-refractivity contribution in [1.82, 2.24) is 0 Å². The number of rotatable bonds is 37. The maximum absolute atomic E-state index is 12.5. The highest BCUT2D eigenvalue weighted by Crippen LogP contribution is 2.43. The van der Waals surface area contributed by atoms with Crippen LogP contribution in [0.4, 0.5) is 0 Å². The number of esters is 2. The van der Waals surface area contributed by atoms with Crippen molar-refractivity contribution in [2.24, 2.45) is 0 Å². The number of allylic oxidation sites excluding steroid dienone is 8. The summed E-state index contributed by atoms with van der Waals surface area (Å²) in [5.74, 6) is -0.942. The van der Waals surface area contributed by atoms with Crippen molar-refractivity contribution in [3.63, 3.8) is 0 Å². The molecule has 0 aliphatic heterocycles. The van der Waals surface area contributed by atoms with E-state index in [-0.39, 0.29) is 19.4 Å². The van der Waals surface area contributed by atoms with Gasteiger partial charge in [-0.1, -0.05) is 146 Å². The van der Waals surface area contributed by atoms with Gasteiger partial charge in [0.1, 0.15) is 12.7 Å². The molecular weight excluding hydrogens is 683 g/mol. The molecule has 52 heavy (non-hydrogen) atoms. The Morgan fingerprint density at radius 3 is 1.60 bits per heavy atom. The van der Waals surface area contributed by atoms with Crippen LogP contribution in [0.2, 0.25) is 0 Å². The van der Waals surface area contributed by atoms with Gasteiger partial charge in [0.2, 0.25) is 0 Å². The van der Waals surface area contributed by atoms with E-state index in [0.29, 0.717) is 12.8 Å². The topological polar surface area (TPSA) is 149 Å². The number of carbonyl (C=O) groups is 2. The molecule has 0 radical (unpaired) electrons. The SMILES string of the molecule is CC/C=C\C/C=C\C/C=C\C/C=C\CCCCCCCCCCCCC(=O)OC(COC(=O)CCCCCCCC)COP(=O)(O)OCC(O)CO. The van der Waals surface area contributed by atoms with Crippen LogP contribution in [0.5, 0.6) is 0 Å². The normalized spacial score (nSPS) is 14.5. The first-order chi connectivity index (χ1) is 25.2. The molecule has 302 valence electrons. The van der Waals surface area contributed by atoms with E-state index >= 15 is 0 Å². The van der Waals surface area contributed by atoms with Crippen LogP contribution in [-0.4, -0.2) is 65.7 Å². The highest BCUT2D eigenvalue weighted by Gasteiger charge is 2.27. The fraction of sp³-hybridized carbons (Fsp3) is 0.756. The lowest BCUT2D eigenvalue weighted by molar-refractivity contribution is -0.161. The van der Waals surface area contributed by atoms with E-state index in [0.717, 1.165) is 77.0 Å². The van der Waals surface area contributed by atoms with Crippen molar-refractivity contribution in [3.05, 3.63) is 48.6 Å². The van der Waals surface area contributed by atoms with Crippen LogP contribution in [0.3, 0.4) is 0 Å². The summed E-state index contributed by atoms with van der Waals surface area (Å²) in [5, 5.41) is 18.2. The Morgan fingerprint density at radius 1 is 0.596 bits per heavy atom. The highest BCUT2D eigenvalue weighted by molar-refractivity contribution is 7.47. The zero-order chi connectivity index (χ0) is 38.4. The fourth-order valence-corrected chi connectivity index (χ4v) is 5.95. The van der Waals surface area contributed by atoms with Gasteiger partial charge in [-0.15, -0.1) is 0 Å². The molecule has 11 heteroatoms. The minimum atomic E-state index is -4.61. The number of carbonyl (C=O) groups excluding carboxylic acids is 2. The van der Waals surface area contributed by atoms with Crippen LogP contribution in [-0.2, 0) is 32.7 Å². The second-order valence-electron chi connectivity index (χ2n) is 13.3. The fourth-order valence-electron chi connectivity index (χ4n) is 5.16. The zero-order valence-corrected chi connectivity index (χ0v) is 33.4. The summed E-state index contributed by atoms with van der Waals surface area (Å²) in [6, 6.07) is 0. The second kappa shape index (κ2) is 37.3. The molecule has 10 nitrogen and oxygen atoms in total. The van der Waals surface area contributed by atoms with Gasteiger partial charge in [0.05, 0.1) is 19.8 Å². The van der Waals surface area contributed by atoms with Crippen molar-refractivity contribution < 1.29 is 47.8 Å². The van der Waals surface area contributed by atoms with Crippen molar-refractivity contribution in [2.75, 3.05) is 26.4 Å². The standard InChI is InChI=1S/C41H73O10P/c1-3-5-7-9-11-12-13-14-15-16-17-18-19-20-21-22-23-24-25-26-27-29-31-33-41(45)51-39(37-50-52(46,47)49-35-38(43)34-42)36-48-40(44)32-30-28-10-8-6-4-2/h5,7,11-12,14-15,17-18,38-39,42-43H,3-4,6,8-10,13,16,19-37H2,1-2H3,(H,46,47)/b7-5-,12-11-,15-14-,18-17-. The smallest absolute Gasteiger partial charge is 0.462 e. The van der Waals surface area contributed by atoms with Crippen LogP contribution >= 0.6 is 7.82 Å². The largest absolute Gasteiger partial charge is 0.472 e. The van der Waals surface area contributed by atoms with Crippen LogP contribution < -0.4 is 0 Å². The maximum atomic E-state index is 12.5. The van der Waals surface area contributed by atoms with Gasteiger partial charge in [0.15, 0.2) is 6.10 Å². The molecule has 0 aliphatic rings. The molecule has 0 rings (SSSR count). The third-order valence-corrected chi connectivity index (χ3v) is 9.20. The zero-order valence-electron chi connectivity index (χ0n) is 32.5. The lowest BCUT2D eigenvalue weighted by Gasteiger charge is -2.20. The Labute approximate surface area is 315 Å². The minimum Gasteiger partial charge on any atom is -0.462 e. The number of phosphoric acid groups is 1. The summed E-state index contributed by atoms with van der Waals surface area (Å²) in [6.07, 6.45) is 38.3. The summed E-state index contributed by atoms with van der Waals surface area (Å²) in [7, 11) is -4.61. The van der Waals surface area contributed by atoms with E-state index in [1.54, 1.807) is 0 Å². The molecule has 3 atom stereocenters. The van der Waals surface area contributed by atoms with Gasteiger partial charge in [-0.25, -0.2) is 4.57 Å². The molecule has 0 heterocycles. The van der Waals surface area contributed by atoms with Gasteiger partial charge in [-0.05, 0) is 51.4 Å². The molecular formula is C41H73O10P. The van der Waals surface area contributed by atoms with Gasteiger partial charge in [-0.3, -0.25) is 18.6 Å². The molecule has 0 fully saturated rings. The number of phosphoric ester groups is 1. The quantitative estimate of drug-likeness (QED) is 0.0242. The summed E-state index contributed by atoms with van der Waals surface area (Å²) < 4.78 is 32.5. The highest BCUT2D eigenvalue weighted by atomic mass is 31.2. The lowest BCUT2D eigenvalue weighted by atomic mass is 10.0. The molecule has 3 N–H and O–H groups in total. The Hall–Kier alpha value is -2.07. The first kappa shape index (κ1) is 49.9. The number of aliphatic hydroxyl groups is 2. The first-order valence-electron chi connectivity index (χ1n) is 20.1. The van der Waals surface area contributed by atoms with E-state index in [1.807, 2.05) is 0 Å². The lowest BCUT2D eigenvalue weighted by Crippen LogP contribution is -2.29. The third kappa shape index (κ3) is 36.3. The Bertz CT molecular complexity index is 1010. The van der Waals surface area contributed by atoms with Gasteiger partial charge < -0.3 is 24.6 Å². The third-order valence-electron chi connectivity index (χ3n) is 8.25. The van der Waals surface area contributed by atoms with Gasteiger partial charge in [0, 0.05) is 12.8 Å². The van der Waals surface area contributed by atoms with E-state index in [4.69, 9.17) is 19.1 Å². The van der Waals surface area contributed by atoms with Crippen molar-refractivity contribution in [2.45, 2.75) is 174 Å². The molecule has 0 saturated heterocycles. The molecule has 0 amide bonds. The van der Waals surface area contributed by atoms with E-state index in [9.17, 15) is 24.2 Å². The summed E-state index contributed by atoms with van der Waals surface area (Å²) in [5.41, 5.74) is 0. The second-order valence-corrected chi connectivity index (χ2v) is 14.7. The van der Waals surface area contributed by atoms with Crippen LogP contribution in [0.25, 0.3) is 0 Å². The molecule has 0 spiro atoms. The average Bonchev–Trinajstić information content (AvgIpc) is 3.13. The molecule has 3 unspecified atom stereocenters. The molecule has 0 aromatic carbocycles. The Morgan fingerprint density at radius 2 is 1.06 bits per heavy atom. The molecule has 0 aromatic heterocycles. The average molecular weight is 757 g/mol. The number of aliphatic hydroxyl groups excluding tert-OH is 2. The molecule has 0 bridgehead atoms. The van der Waals surface area contributed by atoms with Crippen LogP contribution in [0.15, 0.2) is 48.6 Å². The summed E-state index contributed by atoms with van der Waals surface area (Å²) >= 11 is 0. The number of hydrogen-bond donors (Lipinski definition) is 3. The van der Waals surface area contributed by atoms with Gasteiger partial charge in [0.25, 0.3) is 0 Å². The molecule has 0 aromatic rings. The van der Waals surface area contributed by atoms with Gasteiger partial charge in [-0.2, -0.15) is 0 Å².